The molecule has 0 aliphatic rings. The van der Waals surface area contributed by atoms with Crippen molar-refractivity contribution in [2.45, 2.75) is 65.9 Å². The molecule has 0 spiro atoms. The quantitative estimate of drug-likeness (QED) is 0.631. The first-order valence-electron chi connectivity index (χ1n) is 6.85. The van der Waals surface area contributed by atoms with E-state index in [2.05, 4.69) is 13.8 Å². The van der Waals surface area contributed by atoms with Crippen LogP contribution >= 0.6 is 0 Å². The van der Waals surface area contributed by atoms with Crippen molar-refractivity contribution >= 4 is 0 Å². The summed E-state index contributed by atoms with van der Waals surface area (Å²) in [6, 6.07) is 3.77. The zero-order chi connectivity index (χ0) is 14.8. The Morgan fingerprint density at radius 2 is 1.58 bits per heavy atom. The van der Waals surface area contributed by atoms with Crippen molar-refractivity contribution in [1.82, 2.24) is 0 Å². The number of benzene rings is 1. The van der Waals surface area contributed by atoms with Gasteiger partial charge in [0.2, 0.25) is 0 Å². The molecule has 19 heavy (non-hydrogen) atoms. The zero-order valence-electron chi connectivity index (χ0n) is 13.1. The summed E-state index contributed by atoms with van der Waals surface area (Å²) in [4.78, 5) is 10.8. The van der Waals surface area contributed by atoms with Crippen LogP contribution in [0, 0.1) is 0 Å². The third-order valence-electron chi connectivity index (χ3n) is 2.79. The maximum absolute atomic E-state index is 10.4. The molecule has 108 valence electrons. The Kier molecular flexibility index (Phi) is 4.86. The van der Waals surface area contributed by atoms with Gasteiger partial charge in [-0.25, -0.2) is 0 Å². The van der Waals surface area contributed by atoms with Gasteiger partial charge in [0.05, 0.1) is 0 Å². The third-order valence-corrected chi connectivity index (χ3v) is 2.79. The summed E-state index contributed by atoms with van der Waals surface area (Å²) < 4.78 is 0. The molecular weight excluding hydrogens is 240 g/mol. The zero-order valence-corrected chi connectivity index (χ0v) is 13.1. The molecule has 1 N–H and O–H groups in total. The standard InChI is InChI=1S/C16H26O3/c1-10(2)12-8-9-13(18-19-16(5,6)7)14(11(3)4)15(12)17/h8-11,17H,1-7H3. The van der Waals surface area contributed by atoms with Gasteiger partial charge < -0.3 is 9.99 Å². The molecule has 0 radical (unpaired) electrons. The number of hydrogen-bond donors (Lipinski definition) is 1. The molecule has 0 heterocycles. The lowest BCUT2D eigenvalue weighted by Gasteiger charge is -2.22. The minimum absolute atomic E-state index is 0.164. The summed E-state index contributed by atoms with van der Waals surface area (Å²) in [6.07, 6.45) is 0. The molecule has 0 aliphatic carbocycles. The molecule has 0 aromatic heterocycles. The summed E-state index contributed by atoms with van der Waals surface area (Å²) in [7, 11) is 0. The molecule has 1 aromatic carbocycles. The second-order valence-electron chi connectivity index (χ2n) is 6.50. The van der Waals surface area contributed by atoms with Crippen LogP contribution in [0.25, 0.3) is 0 Å². The minimum Gasteiger partial charge on any atom is -0.507 e. The van der Waals surface area contributed by atoms with E-state index in [1.54, 1.807) is 0 Å². The summed E-state index contributed by atoms with van der Waals surface area (Å²) >= 11 is 0. The van der Waals surface area contributed by atoms with Crippen LogP contribution < -0.4 is 4.89 Å². The van der Waals surface area contributed by atoms with E-state index >= 15 is 0 Å². The van der Waals surface area contributed by atoms with Gasteiger partial charge >= 0.3 is 0 Å². The van der Waals surface area contributed by atoms with E-state index in [0.29, 0.717) is 11.5 Å². The molecule has 0 fully saturated rings. The number of phenols is 1. The molecule has 1 aromatic rings. The van der Waals surface area contributed by atoms with Crippen molar-refractivity contribution in [3.8, 4) is 11.5 Å². The highest BCUT2D eigenvalue weighted by molar-refractivity contribution is 5.51. The van der Waals surface area contributed by atoms with E-state index in [9.17, 15) is 5.11 Å². The Labute approximate surface area is 116 Å². The maximum atomic E-state index is 10.4. The summed E-state index contributed by atoms with van der Waals surface area (Å²) in [5, 5.41) is 10.4. The highest BCUT2D eigenvalue weighted by Gasteiger charge is 2.21. The van der Waals surface area contributed by atoms with Crippen LogP contribution in [0.15, 0.2) is 12.1 Å². The van der Waals surface area contributed by atoms with Gasteiger partial charge in [-0.15, -0.1) is 0 Å². The fourth-order valence-corrected chi connectivity index (χ4v) is 1.87. The van der Waals surface area contributed by atoms with Crippen LogP contribution in [0.1, 0.15) is 71.4 Å². The van der Waals surface area contributed by atoms with Gasteiger partial charge in [0.25, 0.3) is 0 Å². The predicted molar refractivity (Wildman–Crippen MR) is 77.8 cm³/mol. The summed E-state index contributed by atoms with van der Waals surface area (Å²) in [5.74, 6) is 1.35. The van der Waals surface area contributed by atoms with Crippen LogP contribution in [-0.4, -0.2) is 10.7 Å². The Bertz CT molecular complexity index is 428. The minimum atomic E-state index is -0.388. The van der Waals surface area contributed by atoms with Gasteiger partial charge in [-0.1, -0.05) is 33.8 Å². The molecule has 0 aliphatic heterocycles. The Balaban J connectivity index is 3.15. The topological polar surface area (TPSA) is 38.7 Å². The smallest absolute Gasteiger partial charge is 0.172 e. The molecule has 0 saturated heterocycles. The second kappa shape index (κ2) is 5.83. The number of aromatic hydroxyl groups is 1. The predicted octanol–water partition coefficient (Wildman–Crippen LogP) is 4.75. The molecular formula is C16H26O3. The number of phenolic OH excluding ortho intramolecular Hbond substituents is 1. The normalized spacial score (nSPS) is 12.3. The van der Waals surface area contributed by atoms with Gasteiger partial charge in [-0.3, -0.25) is 0 Å². The molecule has 0 saturated carbocycles. The summed E-state index contributed by atoms with van der Waals surface area (Å²) in [5.41, 5.74) is 1.35. The van der Waals surface area contributed by atoms with Crippen molar-refractivity contribution in [2.75, 3.05) is 0 Å². The molecule has 0 atom stereocenters. The van der Waals surface area contributed by atoms with E-state index < -0.39 is 0 Å². The SMILES string of the molecule is CC(C)c1ccc(OOC(C)(C)C)c(C(C)C)c1O. The first kappa shape index (κ1) is 15.8. The second-order valence-corrected chi connectivity index (χ2v) is 6.50. The van der Waals surface area contributed by atoms with Crippen LogP contribution in [-0.2, 0) is 4.89 Å². The average Bonchev–Trinajstić information content (AvgIpc) is 2.24. The first-order valence-corrected chi connectivity index (χ1v) is 6.85. The first-order chi connectivity index (χ1) is 8.63. The monoisotopic (exact) mass is 266 g/mol. The van der Waals surface area contributed by atoms with Crippen molar-refractivity contribution in [2.24, 2.45) is 0 Å². The van der Waals surface area contributed by atoms with Crippen LogP contribution in [0.3, 0.4) is 0 Å². The van der Waals surface area contributed by atoms with Gasteiger partial charge in [0.15, 0.2) is 5.75 Å². The number of rotatable bonds is 4. The fraction of sp³-hybridized carbons (Fsp3) is 0.625. The van der Waals surface area contributed by atoms with Gasteiger partial charge in [0.1, 0.15) is 11.4 Å². The van der Waals surface area contributed by atoms with E-state index in [0.717, 1.165) is 11.1 Å². The molecule has 0 unspecified atom stereocenters. The third kappa shape index (κ3) is 4.13. The number of hydrogen-bond acceptors (Lipinski definition) is 3. The maximum Gasteiger partial charge on any atom is 0.172 e. The van der Waals surface area contributed by atoms with E-state index in [1.807, 2.05) is 46.8 Å². The highest BCUT2D eigenvalue weighted by atomic mass is 17.2. The van der Waals surface area contributed by atoms with E-state index in [4.69, 9.17) is 9.78 Å². The lowest BCUT2D eigenvalue weighted by molar-refractivity contribution is -0.275. The average molecular weight is 266 g/mol. The van der Waals surface area contributed by atoms with Crippen LogP contribution in [0.2, 0.25) is 0 Å². The largest absolute Gasteiger partial charge is 0.507 e. The van der Waals surface area contributed by atoms with Crippen LogP contribution in [0.5, 0.6) is 11.5 Å². The molecule has 1 rings (SSSR count). The molecule has 3 heteroatoms. The van der Waals surface area contributed by atoms with Crippen molar-refractivity contribution < 1.29 is 14.9 Å². The van der Waals surface area contributed by atoms with Gasteiger partial charge in [0, 0.05) is 5.56 Å². The van der Waals surface area contributed by atoms with Gasteiger partial charge in [-0.2, -0.15) is 4.89 Å². The molecule has 0 bridgehead atoms. The Morgan fingerprint density at radius 3 is 2.00 bits per heavy atom. The molecule has 3 nitrogen and oxygen atoms in total. The van der Waals surface area contributed by atoms with E-state index in [-0.39, 0.29) is 17.4 Å². The Hall–Kier alpha value is -1.22. The summed E-state index contributed by atoms with van der Waals surface area (Å²) in [6.45, 7) is 13.9. The van der Waals surface area contributed by atoms with Crippen molar-refractivity contribution in [1.29, 1.82) is 0 Å². The van der Waals surface area contributed by atoms with Gasteiger partial charge in [-0.05, 0) is 44.2 Å². The lowest BCUT2D eigenvalue weighted by atomic mass is 9.93. The fourth-order valence-electron chi connectivity index (χ4n) is 1.87. The Morgan fingerprint density at radius 1 is 1.00 bits per heavy atom. The van der Waals surface area contributed by atoms with Crippen LogP contribution in [0.4, 0.5) is 0 Å². The van der Waals surface area contributed by atoms with Crippen molar-refractivity contribution in [3.05, 3.63) is 23.3 Å². The lowest BCUT2D eigenvalue weighted by Crippen LogP contribution is -2.21. The highest BCUT2D eigenvalue weighted by Crippen LogP contribution is 2.40. The van der Waals surface area contributed by atoms with E-state index in [1.165, 1.54) is 0 Å². The van der Waals surface area contributed by atoms with Crippen molar-refractivity contribution in [3.63, 3.8) is 0 Å². The molecule has 0 amide bonds.